The fraction of sp³-hybridized carbons (Fsp3) is 0.217. The largest absolute Gasteiger partial charge is 0.479 e. The molecule has 0 radical (unpaired) electrons. The number of hydrogen-bond acceptors (Lipinski definition) is 2. The number of carboxylic acids is 1. The number of benzene rings is 2. The first-order valence-corrected chi connectivity index (χ1v) is 10.6. The molecule has 0 heterocycles. The third-order valence-electron chi connectivity index (χ3n) is 5.10. The van der Waals surface area contributed by atoms with Crippen molar-refractivity contribution in [3.05, 3.63) is 88.1 Å². The van der Waals surface area contributed by atoms with Crippen molar-refractivity contribution < 1.29 is 32.3 Å². The van der Waals surface area contributed by atoms with E-state index in [1.54, 1.807) is 18.2 Å². The van der Waals surface area contributed by atoms with Gasteiger partial charge >= 0.3 is 18.2 Å². The standard InChI is InChI=1S/C23H18Cl2F4N2O3/c24-17-10-16(11-22(25,23(27,28)29)18(17)14-4-2-1-3-5-14)31-21(34)30-12-13-6-8-15(9-7-13)19(26)20(32)33/h1-10,19H,11-12H2,(H,32,33)(H2,30,31,34). The van der Waals surface area contributed by atoms with Gasteiger partial charge in [0.2, 0.25) is 6.17 Å². The predicted molar refractivity (Wildman–Crippen MR) is 120 cm³/mol. The Kier molecular flexibility index (Phi) is 7.57. The number of hydrogen-bond donors (Lipinski definition) is 3. The Balaban J connectivity index is 1.73. The summed E-state index contributed by atoms with van der Waals surface area (Å²) in [5.74, 6) is -1.62. The first-order valence-electron chi connectivity index (χ1n) is 9.85. The molecule has 11 heteroatoms. The average molecular weight is 517 g/mol. The van der Waals surface area contributed by atoms with Gasteiger partial charge in [0.15, 0.2) is 4.87 Å². The maximum Gasteiger partial charge on any atom is 0.412 e. The number of nitrogens with one attached hydrogen (secondary N) is 2. The van der Waals surface area contributed by atoms with Crippen LogP contribution in [0.3, 0.4) is 0 Å². The van der Waals surface area contributed by atoms with E-state index in [0.717, 1.165) is 0 Å². The summed E-state index contributed by atoms with van der Waals surface area (Å²) in [6.45, 7) is -0.0481. The zero-order valence-electron chi connectivity index (χ0n) is 17.3. The van der Waals surface area contributed by atoms with Crippen LogP contribution < -0.4 is 10.6 Å². The molecule has 0 fully saturated rings. The van der Waals surface area contributed by atoms with Gasteiger partial charge < -0.3 is 15.7 Å². The van der Waals surface area contributed by atoms with Gasteiger partial charge in [0.25, 0.3) is 0 Å². The molecular weight excluding hydrogens is 499 g/mol. The summed E-state index contributed by atoms with van der Waals surface area (Å²) in [5.41, 5.74) is 0.227. The minimum absolute atomic E-state index is 0.0481. The Bertz CT molecular complexity index is 1140. The number of alkyl halides is 5. The molecule has 0 spiro atoms. The van der Waals surface area contributed by atoms with E-state index in [2.05, 4.69) is 10.6 Å². The second-order valence-corrected chi connectivity index (χ2v) is 8.54. The number of amides is 2. The minimum atomic E-state index is -4.87. The number of carbonyl (C=O) groups excluding carboxylic acids is 1. The van der Waals surface area contributed by atoms with Gasteiger partial charge in [-0.15, -0.1) is 11.6 Å². The van der Waals surface area contributed by atoms with Crippen molar-refractivity contribution >= 4 is 40.8 Å². The number of carbonyl (C=O) groups is 2. The van der Waals surface area contributed by atoms with Gasteiger partial charge in [-0.3, -0.25) is 0 Å². The van der Waals surface area contributed by atoms with Crippen LogP contribution in [0.25, 0.3) is 5.57 Å². The van der Waals surface area contributed by atoms with E-state index in [1.807, 2.05) is 0 Å². The molecule has 3 N–H and O–H groups in total. The van der Waals surface area contributed by atoms with Crippen molar-refractivity contribution in [1.82, 2.24) is 10.6 Å². The van der Waals surface area contributed by atoms with Crippen LogP contribution in [0.2, 0.25) is 0 Å². The highest BCUT2D eigenvalue weighted by molar-refractivity contribution is 6.40. The van der Waals surface area contributed by atoms with Crippen molar-refractivity contribution in [1.29, 1.82) is 0 Å². The van der Waals surface area contributed by atoms with Crippen LogP contribution in [0.1, 0.15) is 29.3 Å². The third kappa shape index (κ3) is 5.53. The second-order valence-electron chi connectivity index (χ2n) is 7.48. The average Bonchev–Trinajstić information content (AvgIpc) is 2.77. The molecule has 1 aliphatic carbocycles. The highest BCUT2D eigenvalue weighted by Gasteiger charge is 2.58. The maximum absolute atomic E-state index is 14.0. The van der Waals surface area contributed by atoms with Gasteiger partial charge in [-0.2, -0.15) is 13.2 Å². The molecule has 1 aliphatic rings. The van der Waals surface area contributed by atoms with Crippen LogP contribution in [0.4, 0.5) is 22.4 Å². The summed E-state index contributed by atoms with van der Waals surface area (Å²) in [7, 11) is 0. The van der Waals surface area contributed by atoms with Crippen LogP contribution in [-0.4, -0.2) is 28.2 Å². The first kappa shape index (κ1) is 25.6. The van der Waals surface area contributed by atoms with Gasteiger partial charge in [-0.05, 0) is 22.8 Å². The number of halogens is 6. The van der Waals surface area contributed by atoms with Crippen molar-refractivity contribution in [2.24, 2.45) is 0 Å². The summed E-state index contributed by atoms with van der Waals surface area (Å²) in [5, 5.41) is 13.2. The number of aliphatic carboxylic acids is 1. The maximum atomic E-state index is 14.0. The van der Waals surface area contributed by atoms with Crippen molar-refractivity contribution in [2.75, 3.05) is 0 Å². The Morgan fingerprint density at radius 3 is 2.26 bits per heavy atom. The predicted octanol–water partition coefficient (Wildman–Crippen LogP) is 6.06. The number of rotatable bonds is 6. The first-order chi connectivity index (χ1) is 15.9. The fourth-order valence-corrected chi connectivity index (χ4v) is 4.23. The molecule has 5 nitrogen and oxygen atoms in total. The molecule has 0 saturated carbocycles. The van der Waals surface area contributed by atoms with Crippen LogP contribution in [0.15, 0.2) is 71.4 Å². The lowest BCUT2D eigenvalue weighted by molar-refractivity contribution is -0.147. The SMILES string of the molecule is O=C(NCc1ccc(C(F)C(=O)O)cc1)NC1=CC(Cl)=C(c2ccccc2)C(Cl)(C(F)(F)F)C1. The molecule has 2 atom stereocenters. The van der Waals surface area contributed by atoms with E-state index >= 15 is 0 Å². The molecular formula is C23H18Cl2F4N2O3. The van der Waals surface area contributed by atoms with Crippen LogP contribution in [0.5, 0.6) is 0 Å². The van der Waals surface area contributed by atoms with Gasteiger partial charge in [0.05, 0.1) is 0 Å². The quantitative estimate of drug-likeness (QED) is 0.322. The Morgan fingerprint density at radius 2 is 1.71 bits per heavy atom. The Labute approximate surface area is 202 Å². The second kappa shape index (κ2) is 10.1. The molecule has 3 rings (SSSR count). The van der Waals surface area contributed by atoms with E-state index in [-0.39, 0.29) is 34.0 Å². The lowest BCUT2D eigenvalue weighted by Crippen LogP contribution is -2.46. The third-order valence-corrected chi connectivity index (χ3v) is 5.93. The molecule has 0 aromatic heterocycles. The van der Waals surface area contributed by atoms with Crippen LogP contribution >= 0.6 is 23.2 Å². The molecule has 2 aromatic carbocycles. The minimum Gasteiger partial charge on any atom is -0.479 e. The molecule has 180 valence electrons. The van der Waals surface area contributed by atoms with E-state index in [1.165, 1.54) is 42.5 Å². The van der Waals surface area contributed by atoms with Gasteiger partial charge in [0, 0.05) is 29.3 Å². The smallest absolute Gasteiger partial charge is 0.412 e. The van der Waals surface area contributed by atoms with Gasteiger partial charge in [-0.25, -0.2) is 14.0 Å². The monoisotopic (exact) mass is 516 g/mol. The highest BCUT2D eigenvalue weighted by Crippen LogP contribution is 2.53. The molecule has 2 aromatic rings. The zero-order valence-corrected chi connectivity index (χ0v) is 18.8. The summed E-state index contributed by atoms with van der Waals surface area (Å²) in [6, 6.07) is 12.3. The molecule has 34 heavy (non-hydrogen) atoms. The van der Waals surface area contributed by atoms with E-state index in [0.29, 0.717) is 5.56 Å². The van der Waals surface area contributed by atoms with E-state index in [9.17, 15) is 27.2 Å². The Hall–Kier alpha value is -3.04. The zero-order chi connectivity index (χ0) is 25.1. The number of allylic oxidation sites excluding steroid dienone is 4. The topological polar surface area (TPSA) is 78.4 Å². The molecule has 2 unspecified atom stereocenters. The van der Waals surface area contributed by atoms with E-state index in [4.69, 9.17) is 28.3 Å². The molecule has 0 bridgehead atoms. The van der Waals surface area contributed by atoms with Gasteiger partial charge in [0.1, 0.15) is 0 Å². The Morgan fingerprint density at radius 1 is 1.09 bits per heavy atom. The van der Waals surface area contributed by atoms with Crippen molar-refractivity contribution in [3.8, 4) is 0 Å². The van der Waals surface area contributed by atoms with Gasteiger partial charge in [-0.1, -0.05) is 66.2 Å². The van der Waals surface area contributed by atoms with E-state index < -0.39 is 35.6 Å². The molecule has 0 aliphatic heterocycles. The summed E-state index contributed by atoms with van der Waals surface area (Å²) >= 11 is 12.3. The lowest BCUT2D eigenvalue weighted by atomic mass is 9.83. The van der Waals surface area contributed by atoms with Crippen LogP contribution in [-0.2, 0) is 11.3 Å². The van der Waals surface area contributed by atoms with Crippen molar-refractivity contribution in [3.63, 3.8) is 0 Å². The molecule has 2 amide bonds. The molecule has 0 saturated heterocycles. The number of urea groups is 1. The lowest BCUT2D eigenvalue weighted by Gasteiger charge is -2.36. The summed E-state index contributed by atoms with van der Waals surface area (Å²) in [4.78, 5) is 20.1. The normalized spacial score (nSPS) is 19.3. The summed E-state index contributed by atoms with van der Waals surface area (Å²) in [6.07, 6.45) is -6.58. The number of carboxylic acid groups (broad SMARTS) is 1. The van der Waals surface area contributed by atoms with Crippen LogP contribution in [0, 0.1) is 0 Å². The fourth-order valence-electron chi connectivity index (χ4n) is 3.43. The van der Waals surface area contributed by atoms with Crippen molar-refractivity contribution in [2.45, 2.75) is 30.2 Å². The highest BCUT2D eigenvalue weighted by atomic mass is 35.5. The summed E-state index contributed by atoms with van der Waals surface area (Å²) < 4.78 is 55.5.